The fourth-order valence-corrected chi connectivity index (χ4v) is 4.33. The largest absolute Gasteiger partial charge is 0.463 e. The Bertz CT molecular complexity index is 1540. The predicted octanol–water partition coefficient (Wildman–Crippen LogP) is 4.60. The fraction of sp³-hybridized carbons (Fsp3) is 0.179. The maximum Gasteiger partial charge on any atom is 0.250 e. The number of rotatable bonds is 8. The first-order chi connectivity index (χ1) is 16.7. The average Bonchev–Trinajstić information content (AvgIpc) is 2.87. The Kier molecular flexibility index (Phi) is 6.31. The molecule has 34 heavy (non-hydrogen) atoms. The SMILES string of the molecule is O=c1c(CN(CCCn2ccccc2=O)Cc2ccncc2)coc2c1ccc1ccccc12. The number of aromatic nitrogens is 2. The molecule has 0 unspecified atom stereocenters. The molecule has 0 saturated heterocycles. The van der Waals surface area contributed by atoms with Crippen LogP contribution in [0.15, 0.2) is 106 Å². The number of pyridine rings is 2. The lowest BCUT2D eigenvalue weighted by Crippen LogP contribution is -2.28. The lowest BCUT2D eigenvalue weighted by molar-refractivity contribution is 0.245. The summed E-state index contributed by atoms with van der Waals surface area (Å²) < 4.78 is 7.70. The van der Waals surface area contributed by atoms with Crippen molar-refractivity contribution in [3.63, 3.8) is 0 Å². The van der Waals surface area contributed by atoms with Crippen LogP contribution in [0.4, 0.5) is 0 Å². The molecule has 6 heteroatoms. The Balaban J connectivity index is 1.41. The molecule has 0 amide bonds. The summed E-state index contributed by atoms with van der Waals surface area (Å²) in [6.07, 6.45) is 7.72. The van der Waals surface area contributed by atoms with E-state index in [9.17, 15) is 9.59 Å². The van der Waals surface area contributed by atoms with E-state index in [-0.39, 0.29) is 11.0 Å². The second-order valence-electron chi connectivity index (χ2n) is 8.41. The molecule has 5 rings (SSSR count). The van der Waals surface area contributed by atoms with Gasteiger partial charge in [-0.3, -0.25) is 19.5 Å². The number of hydrogen-bond acceptors (Lipinski definition) is 5. The number of fused-ring (bicyclic) bond motifs is 3. The van der Waals surface area contributed by atoms with Gasteiger partial charge in [-0.1, -0.05) is 36.4 Å². The first-order valence-electron chi connectivity index (χ1n) is 11.4. The van der Waals surface area contributed by atoms with E-state index in [0.29, 0.717) is 36.2 Å². The van der Waals surface area contributed by atoms with Crippen LogP contribution < -0.4 is 11.0 Å². The van der Waals surface area contributed by atoms with E-state index in [1.165, 1.54) is 0 Å². The van der Waals surface area contributed by atoms with E-state index in [1.807, 2.05) is 54.6 Å². The third-order valence-corrected chi connectivity index (χ3v) is 6.06. The summed E-state index contributed by atoms with van der Waals surface area (Å²) in [6.45, 7) is 2.46. The summed E-state index contributed by atoms with van der Waals surface area (Å²) in [4.78, 5) is 31.7. The van der Waals surface area contributed by atoms with Gasteiger partial charge >= 0.3 is 0 Å². The van der Waals surface area contributed by atoms with Gasteiger partial charge in [-0.2, -0.15) is 0 Å². The minimum atomic E-state index is -0.00872. The van der Waals surface area contributed by atoms with Crippen LogP contribution in [0.3, 0.4) is 0 Å². The van der Waals surface area contributed by atoms with Crippen LogP contribution in [0.5, 0.6) is 0 Å². The van der Waals surface area contributed by atoms with Crippen molar-refractivity contribution in [1.82, 2.24) is 14.5 Å². The summed E-state index contributed by atoms with van der Waals surface area (Å²) in [5.74, 6) is 0. The van der Waals surface area contributed by atoms with E-state index >= 15 is 0 Å². The predicted molar refractivity (Wildman–Crippen MR) is 134 cm³/mol. The van der Waals surface area contributed by atoms with Gasteiger partial charge in [0.05, 0.1) is 11.6 Å². The molecule has 3 aromatic heterocycles. The van der Waals surface area contributed by atoms with E-state index < -0.39 is 0 Å². The van der Waals surface area contributed by atoms with Gasteiger partial charge in [0.15, 0.2) is 5.43 Å². The molecule has 0 fully saturated rings. The highest BCUT2D eigenvalue weighted by Crippen LogP contribution is 2.24. The van der Waals surface area contributed by atoms with Crippen molar-refractivity contribution in [1.29, 1.82) is 0 Å². The number of aryl methyl sites for hydroxylation is 1. The Morgan fingerprint density at radius 3 is 2.53 bits per heavy atom. The molecule has 3 heterocycles. The first-order valence-corrected chi connectivity index (χ1v) is 11.4. The average molecular weight is 452 g/mol. The standard InChI is InChI=1S/C28H25N3O3/c32-26-8-3-4-16-31(26)17-5-15-30(18-21-11-13-29-14-12-21)19-23-20-34-28-24-7-2-1-6-22(24)9-10-25(28)27(23)33/h1-4,6-14,16,20H,5,15,17-19H2. The number of nitrogens with zero attached hydrogens (tertiary/aromatic N) is 3. The van der Waals surface area contributed by atoms with Crippen LogP contribution >= 0.6 is 0 Å². The van der Waals surface area contributed by atoms with E-state index in [1.54, 1.807) is 41.6 Å². The van der Waals surface area contributed by atoms with Gasteiger partial charge in [0.2, 0.25) is 5.56 Å². The molecular formula is C28H25N3O3. The molecule has 0 aliphatic carbocycles. The topological polar surface area (TPSA) is 68.3 Å². The van der Waals surface area contributed by atoms with E-state index in [0.717, 1.165) is 29.3 Å². The highest BCUT2D eigenvalue weighted by Gasteiger charge is 2.14. The molecule has 2 aromatic carbocycles. The molecule has 6 nitrogen and oxygen atoms in total. The van der Waals surface area contributed by atoms with Gasteiger partial charge in [-0.05, 0) is 41.6 Å². The number of hydrogen-bond donors (Lipinski definition) is 0. The third kappa shape index (κ3) is 4.67. The van der Waals surface area contributed by atoms with Crippen molar-refractivity contribution < 1.29 is 4.42 Å². The summed E-state index contributed by atoms with van der Waals surface area (Å²) in [5, 5.41) is 2.57. The molecule has 0 aliphatic rings. The molecule has 0 spiro atoms. The second-order valence-corrected chi connectivity index (χ2v) is 8.41. The van der Waals surface area contributed by atoms with Crippen molar-refractivity contribution in [3.05, 3.63) is 123 Å². The second kappa shape index (κ2) is 9.85. The van der Waals surface area contributed by atoms with Gasteiger partial charge in [-0.15, -0.1) is 0 Å². The van der Waals surface area contributed by atoms with Crippen molar-refractivity contribution in [2.75, 3.05) is 6.54 Å². The van der Waals surface area contributed by atoms with Crippen LogP contribution in [0, 0.1) is 0 Å². The van der Waals surface area contributed by atoms with Crippen LogP contribution in [0.2, 0.25) is 0 Å². The molecule has 0 atom stereocenters. The van der Waals surface area contributed by atoms with Gasteiger partial charge in [0.1, 0.15) is 5.58 Å². The zero-order valence-corrected chi connectivity index (χ0v) is 18.8. The van der Waals surface area contributed by atoms with Gasteiger partial charge in [0, 0.05) is 61.8 Å². The summed E-state index contributed by atoms with van der Waals surface area (Å²) in [5.41, 5.74) is 2.34. The van der Waals surface area contributed by atoms with Crippen molar-refractivity contribution in [2.24, 2.45) is 0 Å². The first kappa shape index (κ1) is 21.8. The number of benzene rings is 2. The minimum absolute atomic E-state index is 0.00832. The van der Waals surface area contributed by atoms with Crippen LogP contribution in [0.25, 0.3) is 21.7 Å². The Labute approximate surface area is 196 Å². The molecule has 0 aliphatic heterocycles. The quantitative estimate of drug-likeness (QED) is 0.323. The fourth-order valence-electron chi connectivity index (χ4n) is 4.33. The Morgan fingerprint density at radius 2 is 1.68 bits per heavy atom. The molecule has 0 bridgehead atoms. The monoisotopic (exact) mass is 451 g/mol. The summed E-state index contributed by atoms with van der Waals surface area (Å²) >= 11 is 0. The smallest absolute Gasteiger partial charge is 0.250 e. The maximum absolute atomic E-state index is 13.4. The van der Waals surface area contributed by atoms with Gasteiger partial charge in [0.25, 0.3) is 0 Å². The van der Waals surface area contributed by atoms with Crippen LogP contribution in [0.1, 0.15) is 17.5 Å². The van der Waals surface area contributed by atoms with Crippen LogP contribution in [-0.4, -0.2) is 21.0 Å². The molecule has 0 radical (unpaired) electrons. The Morgan fingerprint density at radius 1 is 0.853 bits per heavy atom. The molecular weight excluding hydrogens is 426 g/mol. The van der Waals surface area contributed by atoms with Gasteiger partial charge < -0.3 is 8.98 Å². The third-order valence-electron chi connectivity index (χ3n) is 6.06. The zero-order chi connectivity index (χ0) is 23.3. The highest BCUT2D eigenvalue weighted by atomic mass is 16.3. The maximum atomic E-state index is 13.4. The minimum Gasteiger partial charge on any atom is -0.463 e. The normalized spacial score (nSPS) is 11.4. The molecule has 170 valence electrons. The molecule has 5 aromatic rings. The zero-order valence-electron chi connectivity index (χ0n) is 18.8. The summed E-state index contributed by atoms with van der Waals surface area (Å²) in [7, 11) is 0. The molecule has 0 N–H and O–H groups in total. The lowest BCUT2D eigenvalue weighted by atomic mass is 10.1. The summed E-state index contributed by atoms with van der Waals surface area (Å²) in [6, 6.07) is 20.8. The van der Waals surface area contributed by atoms with Gasteiger partial charge in [-0.25, -0.2) is 0 Å². The van der Waals surface area contributed by atoms with Crippen molar-refractivity contribution in [2.45, 2.75) is 26.1 Å². The van der Waals surface area contributed by atoms with E-state index in [4.69, 9.17) is 4.42 Å². The van der Waals surface area contributed by atoms with Crippen molar-refractivity contribution >= 4 is 21.7 Å². The van der Waals surface area contributed by atoms with E-state index in [2.05, 4.69) is 9.88 Å². The van der Waals surface area contributed by atoms with Crippen LogP contribution in [-0.2, 0) is 19.6 Å². The highest BCUT2D eigenvalue weighted by molar-refractivity contribution is 6.03. The lowest BCUT2D eigenvalue weighted by Gasteiger charge is -2.22. The van der Waals surface area contributed by atoms with Crippen molar-refractivity contribution in [3.8, 4) is 0 Å². The molecule has 0 saturated carbocycles. The Hall–Kier alpha value is -4.03.